The monoisotopic (exact) mass is 203 g/mol. The summed E-state index contributed by atoms with van der Waals surface area (Å²) in [6, 6.07) is 8.56. The molecule has 1 heterocycles. The molecule has 0 fully saturated rings. The Labute approximate surface area is 89.0 Å². The first-order valence-electron chi connectivity index (χ1n) is 5.03. The van der Waals surface area contributed by atoms with Gasteiger partial charge in [-0.15, -0.1) is 0 Å². The summed E-state index contributed by atoms with van der Waals surface area (Å²) < 4.78 is 12.9. The van der Waals surface area contributed by atoms with Crippen molar-refractivity contribution in [2.24, 2.45) is 0 Å². The number of nitrogens with zero attached hydrogens (tertiary/aromatic N) is 1. The molecule has 0 atom stereocenters. The largest absolute Gasteiger partial charge is 0.252 e. The van der Waals surface area contributed by atoms with Crippen LogP contribution in [0.1, 0.15) is 26.5 Å². The fraction of sp³-hybridized carbons (Fsp3) is 0.308. The van der Waals surface area contributed by atoms with E-state index in [9.17, 15) is 4.39 Å². The van der Waals surface area contributed by atoms with Crippen molar-refractivity contribution in [3.05, 3.63) is 41.8 Å². The Bertz CT molecular complexity index is 497. The van der Waals surface area contributed by atoms with Gasteiger partial charge in [-0.1, -0.05) is 26.8 Å². The number of benzene rings is 1. The van der Waals surface area contributed by atoms with Gasteiger partial charge in [-0.25, -0.2) is 4.39 Å². The topological polar surface area (TPSA) is 12.9 Å². The molecule has 78 valence electrons. The van der Waals surface area contributed by atoms with Crippen molar-refractivity contribution >= 4 is 10.9 Å². The Morgan fingerprint density at radius 2 is 1.80 bits per heavy atom. The normalized spacial score (nSPS) is 12.0. The summed E-state index contributed by atoms with van der Waals surface area (Å²) in [5.41, 5.74) is 1.91. The van der Waals surface area contributed by atoms with Gasteiger partial charge in [0.05, 0.1) is 5.52 Å². The van der Waals surface area contributed by atoms with Crippen LogP contribution in [0.15, 0.2) is 30.3 Å². The van der Waals surface area contributed by atoms with Crippen molar-refractivity contribution in [1.29, 1.82) is 0 Å². The van der Waals surface area contributed by atoms with Crippen LogP contribution in [0.5, 0.6) is 0 Å². The number of halogens is 1. The molecule has 2 heteroatoms. The molecule has 0 aliphatic carbocycles. The van der Waals surface area contributed by atoms with Crippen LogP contribution in [0, 0.1) is 5.82 Å². The molecule has 0 radical (unpaired) electrons. The number of rotatable bonds is 0. The molecule has 0 saturated carbocycles. The standard InChI is InChI=1S/C13H14FN/c1-13(2,3)12-7-4-9-8-10(14)5-6-11(9)15-12/h4-8H,1-3H3. The molecule has 0 N–H and O–H groups in total. The smallest absolute Gasteiger partial charge is 0.123 e. The SMILES string of the molecule is CC(C)(C)c1ccc2cc(F)ccc2n1. The summed E-state index contributed by atoms with van der Waals surface area (Å²) >= 11 is 0. The maximum Gasteiger partial charge on any atom is 0.123 e. The van der Waals surface area contributed by atoms with E-state index < -0.39 is 0 Å². The van der Waals surface area contributed by atoms with Crippen LogP contribution in [-0.4, -0.2) is 4.98 Å². The summed E-state index contributed by atoms with van der Waals surface area (Å²) in [5.74, 6) is -0.215. The van der Waals surface area contributed by atoms with Crippen LogP contribution < -0.4 is 0 Å². The van der Waals surface area contributed by atoms with E-state index in [4.69, 9.17) is 0 Å². The first kappa shape index (κ1) is 10.1. The number of aromatic nitrogens is 1. The van der Waals surface area contributed by atoms with E-state index in [0.29, 0.717) is 0 Å². The van der Waals surface area contributed by atoms with Crippen molar-refractivity contribution in [3.8, 4) is 0 Å². The molecule has 0 unspecified atom stereocenters. The Morgan fingerprint density at radius 1 is 1.07 bits per heavy atom. The minimum Gasteiger partial charge on any atom is -0.252 e. The van der Waals surface area contributed by atoms with Gasteiger partial charge in [0.2, 0.25) is 0 Å². The van der Waals surface area contributed by atoms with E-state index in [0.717, 1.165) is 16.6 Å². The van der Waals surface area contributed by atoms with E-state index >= 15 is 0 Å². The highest BCUT2D eigenvalue weighted by molar-refractivity contribution is 5.78. The Hall–Kier alpha value is -1.44. The molecule has 0 spiro atoms. The third-order valence-electron chi connectivity index (χ3n) is 2.42. The molecular formula is C13H14FN. The maximum absolute atomic E-state index is 12.9. The van der Waals surface area contributed by atoms with Gasteiger partial charge < -0.3 is 0 Å². The molecule has 0 aliphatic rings. The zero-order valence-electron chi connectivity index (χ0n) is 9.21. The lowest BCUT2D eigenvalue weighted by Gasteiger charge is -2.17. The summed E-state index contributed by atoms with van der Waals surface area (Å²) in [4.78, 5) is 4.52. The summed E-state index contributed by atoms with van der Waals surface area (Å²) in [5, 5.41) is 0.850. The average molecular weight is 203 g/mol. The van der Waals surface area contributed by atoms with E-state index in [1.807, 2.05) is 12.1 Å². The zero-order chi connectivity index (χ0) is 11.1. The van der Waals surface area contributed by atoms with Crippen LogP contribution in [0.3, 0.4) is 0 Å². The van der Waals surface area contributed by atoms with Crippen molar-refractivity contribution < 1.29 is 4.39 Å². The highest BCUT2D eigenvalue weighted by atomic mass is 19.1. The van der Waals surface area contributed by atoms with Gasteiger partial charge in [0.1, 0.15) is 5.82 Å². The van der Waals surface area contributed by atoms with Crippen molar-refractivity contribution in [3.63, 3.8) is 0 Å². The molecule has 0 bridgehead atoms. The van der Waals surface area contributed by atoms with Crippen LogP contribution in [0.25, 0.3) is 10.9 Å². The third-order valence-corrected chi connectivity index (χ3v) is 2.42. The van der Waals surface area contributed by atoms with E-state index in [-0.39, 0.29) is 11.2 Å². The van der Waals surface area contributed by atoms with E-state index in [1.54, 1.807) is 6.07 Å². The molecule has 15 heavy (non-hydrogen) atoms. The van der Waals surface area contributed by atoms with Crippen LogP contribution in [-0.2, 0) is 5.41 Å². The molecule has 1 aromatic heterocycles. The zero-order valence-corrected chi connectivity index (χ0v) is 9.21. The molecule has 0 aliphatic heterocycles. The van der Waals surface area contributed by atoms with Crippen molar-refractivity contribution in [2.75, 3.05) is 0 Å². The fourth-order valence-corrected chi connectivity index (χ4v) is 1.51. The molecule has 2 aromatic rings. The number of fused-ring (bicyclic) bond motifs is 1. The summed E-state index contributed by atoms with van der Waals surface area (Å²) in [6.07, 6.45) is 0. The van der Waals surface area contributed by atoms with Crippen LogP contribution >= 0.6 is 0 Å². The minimum absolute atomic E-state index is 0.0303. The lowest BCUT2D eigenvalue weighted by Crippen LogP contribution is -2.13. The van der Waals surface area contributed by atoms with Gasteiger partial charge in [-0.05, 0) is 24.3 Å². The predicted octanol–water partition coefficient (Wildman–Crippen LogP) is 3.67. The lowest BCUT2D eigenvalue weighted by atomic mass is 9.91. The molecule has 1 aromatic carbocycles. The Balaban J connectivity index is 2.62. The van der Waals surface area contributed by atoms with Gasteiger partial charge in [-0.3, -0.25) is 4.98 Å². The highest BCUT2D eigenvalue weighted by Gasteiger charge is 2.15. The summed E-state index contributed by atoms with van der Waals surface area (Å²) in [6.45, 7) is 6.35. The van der Waals surface area contributed by atoms with Gasteiger partial charge in [0, 0.05) is 16.5 Å². The van der Waals surface area contributed by atoms with Crippen LogP contribution in [0.4, 0.5) is 4.39 Å². The van der Waals surface area contributed by atoms with Crippen molar-refractivity contribution in [2.45, 2.75) is 26.2 Å². The Kier molecular flexibility index (Phi) is 2.22. The summed E-state index contributed by atoms with van der Waals surface area (Å²) in [7, 11) is 0. The second-order valence-electron chi connectivity index (χ2n) is 4.78. The highest BCUT2D eigenvalue weighted by Crippen LogP contribution is 2.23. The molecule has 2 rings (SSSR count). The average Bonchev–Trinajstić information content (AvgIpc) is 2.15. The lowest BCUT2D eigenvalue weighted by molar-refractivity contribution is 0.571. The quantitative estimate of drug-likeness (QED) is 0.636. The predicted molar refractivity (Wildman–Crippen MR) is 60.4 cm³/mol. The van der Waals surface area contributed by atoms with Crippen LogP contribution in [0.2, 0.25) is 0 Å². The first-order chi connectivity index (χ1) is 6.97. The molecule has 0 saturated heterocycles. The van der Waals surface area contributed by atoms with E-state index in [2.05, 4.69) is 25.8 Å². The van der Waals surface area contributed by atoms with Gasteiger partial charge in [0.15, 0.2) is 0 Å². The van der Waals surface area contributed by atoms with E-state index in [1.165, 1.54) is 12.1 Å². The van der Waals surface area contributed by atoms with Gasteiger partial charge >= 0.3 is 0 Å². The molecule has 1 nitrogen and oxygen atoms in total. The molecule has 0 amide bonds. The molecular weight excluding hydrogens is 189 g/mol. The van der Waals surface area contributed by atoms with Crippen molar-refractivity contribution in [1.82, 2.24) is 4.98 Å². The maximum atomic E-state index is 12.9. The number of pyridine rings is 1. The first-order valence-corrected chi connectivity index (χ1v) is 5.03. The van der Waals surface area contributed by atoms with Gasteiger partial charge in [-0.2, -0.15) is 0 Å². The minimum atomic E-state index is -0.215. The third kappa shape index (κ3) is 1.99. The van der Waals surface area contributed by atoms with Gasteiger partial charge in [0.25, 0.3) is 0 Å². The Morgan fingerprint density at radius 3 is 2.47 bits per heavy atom. The fourth-order valence-electron chi connectivity index (χ4n) is 1.51. The second kappa shape index (κ2) is 3.30. The number of hydrogen-bond donors (Lipinski definition) is 0. The second-order valence-corrected chi connectivity index (χ2v) is 4.78. The number of hydrogen-bond acceptors (Lipinski definition) is 1.